The van der Waals surface area contributed by atoms with Crippen LogP contribution < -0.4 is 0 Å². The fourth-order valence-corrected chi connectivity index (χ4v) is 2.53. The van der Waals surface area contributed by atoms with E-state index in [1.807, 2.05) is 6.92 Å². The van der Waals surface area contributed by atoms with Gasteiger partial charge in [0.15, 0.2) is 0 Å². The molecule has 2 aromatic rings. The van der Waals surface area contributed by atoms with E-state index in [0.717, 1.165) is 11.2 Å². The molecule has 0 aromatic carbocycles. The van der Waals surface area contributed by atoms with Gasteiger partial charge < -0.3 is 0 Å². The highest BCUT2D eigenvalue weighted by atomic mass is 32.1. The van der Waals surface area contributed by atoms with Crippen molar-refractivity contribution < 1.29 is 0 Å². The lowest BCUT2D eigenvalue weighted by molar-refractivity contribution is 0.876. The lowest BCUT2D eigenvalue weighted by Gasteiger charge is -2.01. The normalized spacial score (nSPS) is 11.4. The number of aryl methyl sites for hydroxylation is 1. The fourth-order valence-electron chi connectivity index (χ4n) is 1.40. The second-order valence-electron chi connectivity index (χ2n) is 3.48. The Bertz CT molecular complexity index is 431. The van der Waals surface area contributed by atoms with Gasteiger partial charge in [-0.1, -0.05) is 13.8 Å². The maximum atomic E-state index is 4.32. The number of thiophene rings is 1. The molecule has 0 fully saturated rings. The molecule has 2 nitrogen and oxygen atoms in total. The molecule has 0 N–H and O–H groups in total. The van der Waals surface area contributed by atoms with Gasteiger partial charge in [-0.25, -0.2) is 9.97 Å². The third-order valence-corrected chi connectivity index (χ3v) is 3.28. The second-order valence-corrected chi connectivity index (χ2v) is 4.36. The van der Waals surface area contributed by atoms with E-state index in [1.165, 1.54) is 10.3 Å². The monoisotopic (exact) mass is 192 g/mol. The summed E-state index contributed by atoms with van der Waals surface area (Å²) in [6, 6.07) is 0. The molecule has 0 saturated heterocycles. The number of nitrogens with zero attached hydrogens (tertiary/aromatic N) is 2. The molecule has 3 heteroatoms. The van der Waals surface area contributed by atoms with Crippen LogP contribution in [0.15, 0.2) is 11.7 Å². The van der Waals surface area contributed by atoms with E-state index in [4.69, 9.17) is 0 Å². The molecule has 2 aromatic heterocycles. The van der Waals surface area contributed by atoms with Crippen LogP contribution in [-0.4, -0.2) is 9.97 Å². The summed E-state index contributed by atoms with van der Waals surface area (Å²) < 4.78 is 1.23. The molecule has 0 aliphatic rings. The molecule has 0 amide bonds. The smallest absolute Gasteiger partial charge is 0.116 e. The molecule has 0 saturated carbocycles. The molecule has 0 aliphatic carbocycles. The number of fused-ring (bicyclic) bond motifs is 1. The van der Waals surface area contributed by atoms with Gasteiger partial charge in [0.2, 0.25) is 0 Å². The minimum Gasteiger partial charge on any atom is -0.240 e. The summed E-state index contributed by atoms with van der Waals surface area (Å²) in [5.41, 5.74) is 3.56. The van der Waals surface area contributed by atoms with Crippen molar-refractivity contribution in [2.45, 2.75) is 26.7 Å². The van der Waals surface area contributed by atoms with Crippen molar-refractivity contribution in [2.24, 2.45) is 0 Å². The molecule has 0 bridgehead atoms. The van der Waals surface area contributed by atoms with Crippen LogP contribution in [0, 0.1) is 6.92 Å². The van der Waals surface area contributed by atoms with Crippen LogP contribution in [0.5, 0.6) is 0 Å². The number of aromatic nitrogens is 2. The maximum absolute atomic E-state index is 4.32. The standard InChI is InChI=1S/C10H12N2S/c1-6(2)8-4-13-10-7(3)11-5-12-9(8)10/h4-6H,1-3H3. The summed E-state index contributed by atoms with van der Waals surface area (Å²) in [4.78, 5) is 8.50. The molecule has 0 unspecified atom stereocenters. The Morgan fingerprint density at radius 2 is 2.08 bits per heavy atom. The van der Waals surface area contributed by atoms with Crippen LogP contribution in [0.4, 0.5) is 0 Å². The first-order valence-electron chi connectivity index (χ1n) is 4.39. The zero-order chi connectivity index (χ0) is 9.42. The first-order chi connectivity index (χ1) is 6.20. The minimum absolute atomic E-state index is 0.544. The highest BCUT2D eigenvalue weighted by Gasteiger charge is 2.10. The van der Waals surface area contributed by atoms with Crippen LogP contribution in [0.1, 0.15) is 31.0 Å². The van der Waals surface area contributed by atoms with Gasteiger partial charge in [0, 0.05) is 0 Å². The summed E-state index contributed by atoms with van der Waals surface area (Å²) in [7, 11) is 0. The van der Waals surface area contributed by atoms with E-state index >= 15 is 0 Å². The zero-order valence-corrected chi connectivity index (χ0v) is 8.85. The van der Waals surface area contributed by atoms with Crippen molar-refractivity contribution in [3.8, 4) is 0 Å². The largest absolute Gasteiger partial charge is 0.240 e. The van der Waals surface area contributed by atoms with Gasteiger partial charge in [0.05, 0.1) is 15.9 Å². The predicted molar refractivity (Wildman–Crippen MR) is 56.2 cm³/mol. The second kappa shape index (κ2) is 3.07. The van der Waals surface area contributed by atoms with E-state index in [0.29, 0.717) is 5.92 Å². The number of hydrogen-bond donors (Lipinski definition) is 0. The number of rotatable bonds is 1. The van der Waals surface area contributed by atoms with E-state index in [9.17, 15) is 0 Å². The Balaban J connectivity index is 2.75. The Morgan fingerprint density at radius 3 is 2.77 bits per heavy atom. The molecule has 68 valence electrons. The van der Waals surface area contributed by atoms with E-state index in [2.05, 4.69) is 29.2 Å². The van der Waals surface area contributed by atoms with E-state index in [1.54, 1.807) is 17.7 Å². The van der Waals surface area contributed by atoms with E-state index < -0.39 is 0 Å². The average molecular weight is 192 g/mol. The molecule has 2 heterocycles. The highest BCUT2D eigenvalue weighted by molar-refractivity contribution is 7.17. The van der Waals surface area contributed by atoms with Crippen molar-refractivity contribution in [3.05, 3.63) is 23.0 Å². The van der Waals surface area contributed by atoms with Crippen molar-refractivity contribution in [3.63, 3.8) is 0 Å². The Hall–Kier alpha value is -0.960. The van der Waals surface area contributed by atoms with Crippen molar-refractivity contribution in [1.29, 1.82) is 0 Å². The van der Waals surface area contributed by atoms with Crippen LogP contribution in [0.2, 0.25) is 0 Å². The molecule has 0 aliphatic heterocycles. The molecule has 13 heavy (non-hydrogen) atoms. The third kappa shape index (κ3) is 1.33. The average Bonchev–Trinajstić information content (AvgIpc) is 2.48. The van der Waals surface area contributed by atoms with Gasteiger partial charge in [-0.2, -0.15) is 0 Å². The molecule has 0 atom stereocenters. The maximum Gasteiger partial charge on any atom is 0.116 e. The van der Waals surface area contributed by atoms with Crippen molar-refractivity contribution in [1.82, 2.24) is 9.97 Å². The predicted octanol–water partition coefficient (Wildman–Crippen LogP) is 3.12. The Labute approximate surface area is 81.7 Å². The summed E-state index contributed by atoms with van der Waals surface area (Å²) >= 11 is 1.74. The summed E-state index contributed by atoms with van der Waals surface area (Å²) in [6.45, 7) is 6.42. The van der Waals surface area contributed by atoms with E-state index in [-0.39, 0.29) is 0 Å². The zero-order valence-electron chi connectivity index (χ0n) is 8.03. The molecule has 0 spiro atoms. The van der Waals surface area contributed by atoms with Gasteiger partial charge >= 0.3 is 0 Å². The fraction of sp³-hybridized carbons (Fsp3) is 0.400. The molecular formula is C10H12N2S. The van der Waals surface area contributed by atoms with Gasteiger partial charge in [-0.3, -0.25) is 0 Å². The van der Waals surface area contributed by atoms with Crippen molar-refractivity contribution >= 4 is 21.6 Å². The first-order valence-corrected chi connectivity index (χ1v) is 5.27. The van der Waals surface area contributed by atoms with Crippen LogP contribution in [0.3, 0.4) is 0 Å². The summed E-state index contributed by atoms with van der Waals surface area (Å²) in [5, 5.41) is 2.19. The molecular weight excluding hydrogens is 180 g/mol. The lowest BCUT2D eigenvalue weighted by atomic mass is 10.1. The minimum atomic E-state index is 0.544. The highest BCUT2D eigenvalue weighted by Crippen LogP contribution is 2.30. The first kappa shape index (κ1) is 8.63. The quantitative estimate of drug-likeness (QED) is 0.693. The Morgan fingerprint density at radius 1 is 1.31 bits per heavy atom. The van der Waals surface area contributed by atoms with Gasteiger partial charge in [-0.15, -0.1) is 11.3 Å². The van der Waals surface area contributed by atoms with Gasteiger partial charge in [0.25, 0.3) is 0 Å². The lowest BCUT2D eigenvalue weighted by Crippen LogP contribution is -1.88. The molecule has 0 radical (unpaired) electrons. The summed E-state index contributed by atoms with van der Waals surface area (Å²) in [5.74, 6) is 0.544. The van der Waals surface area contributed by atoms with Gasteiger partial charge in [-0.05, 0) is 23.8 Å². The Kier molecular flexibility index (Phi) is 2.04. The summed E-state index contributed by atoms with van der Waals surface area (Å²) in [6.07, 6.45) is 1.65. The third-order valence-electron chi connectivity index (χ3n) is 2.18. The van der Waals surface area contributed by atoms with Crippen LogP contribution in [0.25, 0.3) is 10.2 Å². The topological polar surface area (TPSA) is 25.8 Å². The van der Waals surface area contributed by atoms with Crippen LogP contribution in [-0.2, 0) is 0 Å². The molecule has 2 rings (SSSR count). The van der Waals surface area contributed by atoms with Crippen molar-refractivity contribution in [2.75, 3.05) is 0 Å². The van der Waals surface area contributed by atoms with Gasteiger partial charge in [0.1, 0.15) is 6.33 Å². The SMILES string of the molecule is Cc1ncnc2c(C(C)C)csc12. The number of hydrogen-bond acceptors (Lipinski definition) is 3. The van der Waals surface area contributed by atoms with Crippen LogP contribution >= 0.6 is 11.3 Å².